The van der Waals surface area contributed by atoms with E-state index in [2.05, 4.69) is 29.5 Å². The zero-order valence-corrected chi connectivity index (χ0v) is 10.4. The molecule has 0 radical (unpaired) electrons. The molecule has 1 heterocycles. The molecule has 5 heteroatoms. The SMILES string of the molecule is CC(C)c1csc(NC(=O)CNC2CC2)n1. The zero-order chi connectivity index (χ0) is 11.5. The van der Waals surface area contributed by atoms with E-state index >= 15 is 0 Å². The Balaban J connectivity index is 1.79. The summed E-state index contributed by atoms with van der Waals surface area (Å²) >= 11 is 1.49. The second-order valence-corrected chi connectivity index (χ2v) is 5.29. The highest BCUT2D eigenvalue weighted by Crippen LogP contribution is 2.21. The van der Waals surface area contributed by atoms with Crippen LogP contribution in [-0.2, 0) is 4.79 Å². The van der Waals surface area contributed by atoms with Crippen LogP contribution >= 0.6 is 11.3 Å². The summed E-state index contributed by atoms with van der Waals surface area (Å²) < 4.78 is 0. The number of anilines is 1. The molecule has 1 fully saturated rings. The van der Waals surface area contributed by atoms with Crippen LogP contribution in [0.1, 0.15) is 38.3 Å². The number of nitrogens with zero attached hydrogens (tertiary/aromatic N) is 1. The minimum absolute atomic E-state index is 0.00319. The molecule has 2 N–H and O–H groups in total. The maximum absolute atomic E-state index is 11.5. The van der Waals surface area contributed by atoms with Crippen LogP contribution in [-0.4, -0.2) is 23.5 Å². The smallest absolute Gasteiger partial charge is 0.240 e. The van der Waals surface area contributed by atoms with Gasteiger partial charge in [0.05, 0.1) is 12.2 Å². The molecule has 4 nitrogen and oxygen atoms in total. The first-order valence-electron chi connectivity index (χ1n) is 5.64. The molecule has 1 aliphatic rings. The molecule has 16 heavy (non-hydrogen) atoms. The van der Waals surface area contributed by atoms with Gasteiger partial charge in [-0.3, -0.25) is 4.79 Å². The highest BCUT2D eigenvalue weighted by atomic mass is 32.1. The number of nitrogens with one attached hydrogen (secondary N) is 2. The highest BCUT2D eigenvalue weighted by Gasteiger charge is 2.21. The number of hydrogen-bond donors (Lipinski definition) is 2. The average molecular weight is 239 g/mol. The number of aromatic nitrogens is 1. The summed E-state index contributed by atoms with van der Waals surface area (Å²) in [5.74, 6) is 0.406. The maximum atomic E-state index is 11.5. The number of thiazole rings is 1. The van der Waals surface area contributed by atoms with E-state index in [4.69, 9.17) is 0 Å². The molecule has 1 saturated carbocycles. The van der Waals surface area contributed by atoms with Gasteiger partial charge in [-0.05, 0) is 18.8 Å². The summed E-state index contributed by atoms with van der Waals surface area (Å²) in [5.41, 5.74) is 1.04. The van der Waals surface area contributed by atoms with Crippen LogP contribution < -0.4 is 10.6 Å². The van der Waals surface area contributed by atoms with E-state index in [1.807, 2.05) is 5.38 Å². The fourth-order valence-corrected chi connectivity index (χ4v) is 2.18. The standard InChI is InChI=1S/C11H17N3OS/c1-7(2)9-6-16-11(13-9)14-10(15)5-12-8-3-4-8/h6-8,12H,3-5H2,1-2H3,(H,13,14,15). The Hall–Kier alpha value is -0.940. The molecule has 0 aliphatic heterocycles. The first-order chi connectivity index (χ1) is 7.65. The van der Waals surface area contributed by atoms with Crippen molar-refractivity contribution in [3.05, 3.63) is 11.1 Å². The van der Waals surface area contributed by atoms with Crippen LogP contribution in [0.5, 0.6) is 0 Å². The van der Waals surface area contributed by atoms with Gasteiger partial charge < -0.3 is 10.6 Å². The lowest BCUT2D eigenvalue weighted by Crippen LogP contribution is -2.29. The first kappa shape index (κ1) is 11.5. The van der Waals surface area contributed by atoms with Crippen LogP contribution in [0.25, 0.3) is 0 Å². The molecule has 0 spiro atoms. The van der Waals surface area contributed by atoms with Crippen LogP contribution in [0.2, 0.25) is 0 Å². The van der Waals surface area contributed by atoms with Gasteiger partial charge in [-0.25, -0.2) is 4.98 Å². The van der Waals surface area contributed by atoms with Crippen LogP contribution in [0.15, 0.2) is 5.38 Å². The van der Waals surface area contributed by atoms with Gasteiger partial charge in [0.15, 0.2) is 5.13 Å². The van der Waals surface area contributed by atoms with Crippen molar-refractivity contribution in [2.45, 2.75) is 38.6 Å². The van der Waals surface area contributed by atoms with Gasteiger partial charge in [0.1, 0.15) is 0 Å². The molecule has 1 aromatic heterocycles. The predicted molar refractivity (Wildman–Crippen MR) is 65.9 cm³/mol. The van der Waals surface area contributed by atoms with Gasteiger partial charge in [0, 0.05) is 11.4 Å². The molecule has 0 aromatic carbocycles. The molecule has 1 amide bonds. The minimum Gasteiger partial charge on any atom is -0.306 e. The summed E-state index contributed by atoms with van der Waals surface area (Å²) in [5, 5.41) is 8.67. The van der Waals surface area contributed by atoms with E-state index < -0.39 is 0 Å². The number of carbonyl (C=O) groups is 1. The predicted octanol–water partition coefficient (Wildman–Crippen LogP) is 1.96. The molecule has 0 bridgehead atoms. The topological polar surface area (TPSA) is 54.0 Å². The third kappa shape index (κ3) is 3.28. The fraction of sp³-hybridized carbons (Fsp3) is 0.636. The molecule has 0 saturated heterocycles. The van der Waals surface area contributed by atoms with Crippen LogP contribution in [0.3, 0.4) is 0 Å². The van der Waals surface area contributed by atoms with E-state index in [1.54, 1.807) is 0 Å². The van der Waals surface area contributed by atoms with Gasteiger partial charge in [0.2, 0.25) is 5.91 Å². The van der Waals surface area contributed by atoms with Crippen molar-refractivity contribution < 1.29 is 4.79 Å². The Morgan fingerprint density at radius 2 is 2.38 bits per heavy atom. The summed E-state index contributed by atoms with van der Waals surface area (Å²) in [4.78, 5) is 15.9. The highest BCUT2D eigenvalue weighted by molar-refractivity contribution is 7.13. The second-order valence-electron chi connectivity index (χ2n) is 4.44. The van der Waals surface area contributed by atoms with Crippen molar-refractivity contribution in [3.63, 3.8) is 0 Å². The largest absolute Gasteiger partial charge is 0.306 e. The molecule has 0 atom stereocenters. The first-order valence-corrected chi connectivity index (χ1v) is 6.52. The van der Waals surface area contributed by atoms with Crippen molar-refractivity contribution in [1.29, 1.82) is 0 Å². The lowest BCUT2D eigenvalue weighted by atomic mass is 10.2. The molecule has 1 aliphatic carbocycles. The Labute approximate surface area is 99.5 Å². The van der Waals surface area contributed by atoms with E-state index in [0.717, 1.165) is 5.69 Å². The van der Waals surface area contributed by atoms with Gasteiger partial charge in [0.25, 0.3) is 0 Å². The van der Waals surface area contributed by atoms with Gasteiger partial charge >= 0.3 is 0 Å². The average Bonchev–Trinajstić information content (AvgIpc) is 2.95. The lowest BCUT2D eigenvalue weighted by Gasteiger charge is -2.02. The second kappa shape index (κ2) is 4.93. The van der Waals surface area contributed by atoms with Gasteiger partial charge in [-0.15, -0.1) is 11.3 Å². The molecular formula is C11H17N3OS. The third-order valence-electron chi connectivity index (χ3n) is 2.49. The summed E-state index contributed by atoms with van der Waals surface area (Å²) in [6, 6.07) is 0.563. The Kier molecular flexibility index (Phi) is 3.56. The van der Waals surface area contributed by atoms with E-state index in [0.29, 0.717) is 23.6 Å². The maximum Gasteiger partial charge on any atom is 0.240 e. The minimum atomic E-state index is -0.00319. The van der Waals surface area contributed by atoms with E-state index in [1.165, 1.54) is 24.2 Å². The molecule has 1 aromatic rings. The summed E-state index contributed by atoms with van der Waals surface area (Å²) in [7, 11) is 0. The van der Waals surface area contributed by atoms with Crippen molar-refractivity contribution in [3.8, 4) is 0 Å². The number of carbonyl (C=O) groups excluding carboxylic acids is 1. The monoisotopic (exact) mass is 239 g/mol. The van der Waals surface area contributed by atoms with E-state index in [-0.39, 0.29) is 5.91 Å². The Bertz CT molecular complexity index is 371. The summed E-state index contributed by atoms with van der Waals surface area (Å²) in [6.45, 7) is 4.58. The number of amides is 1. The molecule has 0 unspecified atom stereocenters. The van der Waals surface area contributed by atoms with Crippen molar-refractivity contribution in [2.24, 2.45) is 0 Å². The molecule has 2 rings (SSSR count). The normalized spacial score (nSPS) is 15.4. The van der Waals surface area contributed by atoms with E-state index in [9.17, 15) is 4.79 Å². The van der Waals surface area contributed by atoms with Gasteiger partial charge in [-0.2, -0.15) is 0 Å². The van der Waals surface area contributed by atoms with Crippen molar-refractivity contribution in [2.75, 3.05) is 11.9 Å². The summed E-state index contributed by atoms with van der Waals surface area (Å²) in [6.07, 6.45) is 2.39. The Morgan fingerprint density at radius 3 is 2.94 bits per heavy atom. The van der Waals surface area contributed by atoms with Crippen LogP contribution in [0.4, 0.5) is 5.13 Å². The fourth-order valence-electron chi connectivity index (χ4n) is 1.30. The van der Waals surface area contributed by atoms with Crippen molar-refractivity contribution >= 4 is 22.4 Å². The quantitative estimate of drug-likeness (QED) is 0.826. The Morgan fingerprint density at radius 1 is 1.62 bits per heavy atom. The molecule has 88 valence electrons. The van der Waals surface area contributed by atoms with Crippen molar-refractivity contribution in [1.82, 2.24) is 10.3 Å². The molecular weight excluding hydrogens is 222 g/mol. The van der Waals surface area contributed by atoms with Crippen LogP contribution in [0, 0.1) is 0 Å². The number of hydrogen-bond acceptors (Lipinski definition) is 4. The lowest BCUT2D eigenvalue weighted by molar-refractivity contribution is -0.115. The third-order valence-corrected chi connectivity index (χ3v) is 3.26. The zero-order valence-electron chi connectivity index (χ0n) is 9.62. The van der Waals surface area contributed by atoms with Gasteiger partial charge in [-0.1, -0.05) is 13.8 Å². The number of rotatable bonds is 5.